The average molecular weight is 343 g/mol. The maximum Gasteiger partial charge on any atom is 0.312 e. The summed E-state index contributed by atoms with van der Waals surface area (Å²) in [5.41, 5.74) is 5.87. The zero-order chi connectivity index (χ0) is 14.7. The molecule has 1 fully saturated rings. The fourth-order valence-corrected chi connectivity index (χ4v) is 3.34. The number of anilines is 1. The summed E-state index contributed by atoms with van der Waals surface area (Å²) in [5.74, 6) is 0.839. The highest BCUT2D eigenvalue weighted by atomic mass is 79.9. The Kier molecular flexibility index (Phi) is 4.93. The molecule has 0 amide bonds. The molecule has 1 saturated carbocycles. The molecule has 2 atom stereocenters. The molecule has 2 rings (SSSR count). The Bertz CT molecular complexity index is 497. The Hall–Kier alpha value is -1.21. The standard InChI is InChI=1S/C13H19BrN4O2/c1-2-17(11-5-3-4-9(11)7-15)13-12(18(19)20)6-10(14)8-16-13/h6,8-9,11H,2-5,7,15H2,1H3. The van der Waals surface area contributed by atoms with Gasteiger partial charge in [0.1, 0.15) is 0 Å². The monoisotopic (exact) mass is 342 g/mol. The van der Waals surface area contributed by atoms with Crippen molar-refractivity contribution in [2.45, 2.75) is 32.2 Å². The van der Waals surface area contributed by atoms with Gasteiger partial charge in [0.25, 0.3) is 0 Å². The number of hydrogen-bond acceptors (Lipinski definition) is 5. The molecule has 0 saturated heterocycles. The van der Waals surface area contributed by atoms with E-state index in [1.807, 2.05) is 11.8 Å². The molecule has 0 spiro atoms. The summed E-state index contributed by atoms with van der Waals surface area (Å²) >= 11 is 3.24. The number of nitrogens with zero attached hydrogens (tertiary/aromatic N) is 3. The smallest absolute Gasteiger partial charge is 0.312 e. The van der Waals surface area contributed by atoms with Crippen molar-refractivity contribution in [3.05, 3.63) is 26.9 Å². The van der Waals surface area contributed by atoms with Gasteiger partial charge in [-0.05, 0) is 48.2 Å². The van der Waals surface area contributed by atoms with Crippen molar-refractivity contribution in [3.63, 3.8) is 0 Å². The molecule has 0 bridgehead atoms. The second kappa shape index (κ2) is 6.49. The molecule has 0 radical (unpaired) electrons. The van der Waals surface area contributed by atoms with E-state index < -0.39 is 0 Å². The van der Waals surface area contributed by atoms with Gasteiger partial charge in [-0.25, -0.2) is 4.98 Å². The van der Waals surface area contributed by atoms with E-state index in [2.05, 4.69) is 20.9 Å². The largest absolute Gasteiger partial charge is 0.348 e. The Morgan fingerprint density at radius 3 is 2.95 bits per heavy atom. The van der Waals surface area contributed by atoms with E-state index >= 15 is 0 Å². The first-order valence-electron chi connectivity index (χ1n) is 6.85. The van der Waals surface area contributed by atoms with Crippen LogP contribution in [0.1, 0.15) is 26.2 Å². The minimum absolute atomic E-state index is 0.0453. The maximum absolute atomic E-state index is 11.3. The van der Waals surface area contributed by atoms with Gasteiger partial charge in [0.05, 0.1) is 4.92 Å². The number of rotatable bonds is 5. The zero-order valence-electron chi connectivity index (χ0n) is 11.5. The van der Waals surface area contributed by atoms with Gasteiger partial charge in [-0.15, -0.1) is 0 Å². The minimum atomic E-state index is -0.373. The predicted octanol–water partition coefficient (Wildman–Crippen LogP) is 2.71. The van der Waals surface area contributed by atoms with Crippen LogP contribution in [0.4, 0.5) is 11.5 Å². The second-order valence-electron chi connectivity index (χ2n) is 5.03. The fraction of sp³-hybridized carbons (Fsp3) is 0.615. The average Bonchev–Trinajstić information content (AvgIpc) is 2.89. The topological polar surface area (TPSA) is 85.3 Å². The van der Waals surface area contributed by atoms with Crippen LogP contribution in [-0.2, 0) is 0 Å². The van der Waals surface area contributed by atoms with Crippen LogP contribution in [0.15, 0.2) is 16.7 Å². The number of hydrogen-bond donors (Lipinski definition) is 1. The van der Waals surface area contributed by atoms with Gasteiger partial charge in [-0.2, -0.15) is 0 Å². The zero-order valence-corrected chi connectivity index (χ0v) is 13.0. The molecule has 2 N–H and O–H groups in total. The normalized spacial score (nSPS) is 21.9. The van der Waals surface area contributed by atoms with Crippen molar-refractivity contribution in [2.24, 2.45) is 11.7 Å². The minimum Gasteiger partial charge on any atom is -0.348 e. The molecular formula is C13H19BrN4O2. The lowest BCUT2D eigenvalue weighted by Gasteiger charge is -2.32. The summed E-state index contributed by atoms with van der Waals surface area (Å²) in [5, 5.41) is 11.3. The number of nitro groups is 1. The van der Waals surface area contributed by atoms with Crippen LogP contribution < -0.4 is 10.6 Å². The first kappa shape index (κ1) is 15.2. The second-order valence-corrected chi connectivity index (χ2v) is 5.95. The fourth-order valence-electron chi connectivity index (χ4n) is 3.02. The highest BCUT2D eigenvalue weighted by Gasteiger charge is 2.34. The van der Waals surface area contributed by atoms with Gasteiger partial charge in [0.2, 0.25) is 5.82 Å². The lowest BCUT2D eigenvalue weighted by Crippen LogP contribution is -2.41. The molecule has 1 aliphatic carbocycles. The highest BCUT2D eigenvalue weighted by molar-refractivity contribution is 9.10. The number of aromatic nitrogens is 1. The van der Waals surface area contributed by atoms with Crippen LogP contribution in [0.5, 0.6) is 0 Å². The Balaban J connectivity index is 2.39. The van der Waals surface area contributed by atoms with E-state index in [4.69, 9.17) is 5.73 Å². The van der Waals surface area contributed by atoms with Gasteiger partial charge in [-0.1, -0.05) is 6.42 Å². The van der Waals surface area contributed by atoms with Crippen LogP contribution in [0.25, 0.3) is 0 Å². The summed E-state index contributed by atoms with van der Waals surface area (Å²) in [4.78, 5) is 17.2. The lowest BCUT2D eigenvalue weighted by atomic mass is 10.0. The number of halogens is 1. The van der Waals surface area contributed by atoms with Crippen molar-refractivity contribution >= 4 is 27.4 Å². The van der Waals surface area contributed by atoms with Crippen molar-refractivity contribution < 1.29 is 4.92 Å². The molecule has 1 aromatic rings. The predicted molar refractivity (Wildman–Crippen MR) is 81.8 cm³/mol. The third-order valence-corrected chi connectivity index (χ3v) is 4.38. The van der Waals surface area contributed by atoms with Crippen LogP contribution in [-0.4, -0.2) is 29.0 Å². The first-order chi connectivity index (χ1) is 9.58. The van der Waals surface area contributed by atoms with Crippen molar-refractivity contribution in [1.29, 1.82) is 0 Å². The van der Waals surface area contributed by atoms with Gasteiger partial charge < -0.3 is 10.6 Å². The van der Waals surface area contributed by atoms with Gasteiger partial charge in [0, 0.05) is 29.3 Å². The number of pyridine rings is 1. The van der Waals surface area contributed by atoms with Crippen molar-refractivity contribution in [1.82, 2.24) is 4.98 Å². The summed E-state index contributed by atoms with van der Waals surface area (Å²) in [6.45, 7) is 3.31. The third kappa shape index (κ3) is 2.93. The lowest BCUT2D eigenvalue weighted by molar-refractivity contribution is -0.384. The first-order valence-corrected chi connectivity index (χ1v) is 7.64. The molecular weight excluding hydrogens is 324 g/mol. The SMILES string of the molecule is CCN(c1ncc(Br)cc1[N+](=O)[O-])C1CCCC1CN. The van der Waals surface area contributed by atoms with Crippen LogP contribution in [0.2, 0.25) is 0 Å². The van der Waals surface area contributed by atoms with Gasteiger partial charge >= 0.3 is 5.69 Å². The van der Waals surface area contributed by atoms with Gasteiger partial charge in [-0.3, -0.25) is 10.1 Å². The molecule has 2 unspecified atom stereocenters. The Labute approximate surface area is 126 Å². The summed E-state index contributed by atoms with van der Waals surface area (Å²) < 4.78 is 0.616. The van der Waals surface area contributed by atoms with E-state index in [-0.39, 0.29) is 16.7 Å². The molecule has 1 aromatic heterocycles. The maximum atomic E-state index is 11.3. The summed E-state index contributed by atoms with van der Waals surface area (Å²) in [6.07, 6.45) is 4.83. The van der Waals surface area contributed by atoms with E-state index in [9.17, 15) is 10.1 Å². The van der Waals surface area contributed by atoms with Crippen molar-refractivity contribution in [3.8, 4) is 0 Å². The molecule has 20 heavy (non-hydrogen) atoms. The summed E-state index contributed by atoms with van der Waals surface area (Å²) in [6, 6.07) is 1.76. The molecule has 6 nitrogen and oxygen atoms in total. The molecule has 1 heterocycles. The van der Waals surface area contributed by atoms with Crippen LogP contribution in [0.3, 0.4) is 0 Å². The van der Waals surface area contributed by atoms with E-state index in [1.165, 1.54) is 6.07 Å². The van der Waals surface area contributed by atoms with E-state index in [1.54, 1.807) is 6.20 Å². The third-order valence-electron chi connectivity index (χ3n) is 3.95. The molecule has 1 aliphatic rings. The molecule has 7 heteroatoms. The number of nitrogens with two attached hydrogens (primary N) is 1. The Morgan fingerprint density at radius 2 is 2.35 bits per heavy atom. The molecule has 0 aliphatic heterocycles. The summed E-state index contributed by atoms with van der Waals surface area (Å²) in [7, 11) is 0. The van der Waals surface area contributed by atoms with Crippen molar-refractivity contribution in [2.75, 3.05) is 18.0 Å². The highest BCUT2D eigenvalue weighted by Crippen LogP contribution is 2.36. The van der Waals surface area contributed by atoms with Gasteiger partial charge in [0.15, 0.2) is 0 Å². The van der Waals surface area contributed by atoms with Crippen LogP contribution >= 0.6 is 15.9 Å². The Morgan fingerprint density at radius 1 is 1.60 bits per heavy atom. The molecule has 0 aromatic carbocycles. The van der Waals surface area contributed by atoms with E-state index in [0.717, 1.165) is 19.3 Å². The molecule has 110 valence electrons. The quantitative estimate of drug-likeness (QED) is 0.656. The van der Waals surface area contributed by atoms with E-state index in [0.29, 0.717) is 29.3 Å². The van der Waals surface area contributed by atoms with Crippen LogP contribution in [0, 0.1) is 16.0 Å².